The number of carbonyl (C=O) groups is 2. The minimum atomic E-state index is -1.06. The summed E-state index contributed by atoms with van der Waals surface area (Å²) in [5, 5.41) is 15.4. The Hall–Kier alpha value is -2.58. The molecule has 0 radical (unpaired) electrons. The molecule has 1 aromatic carbocycles. The maximum Gasteiger partial charge on any atom is 0.326 e. The molecule has 2 atom stereocenters. The lowest BCUT2D eigenvalue weighted by atomic mass is 9.99. The Bertz CT molecular complexity index is 759. The number of ether oxygens (including phenoxy) is 1. The van der Waals surface area contributed by atoms with Crippen LogP contribution < -0.4 is 20.9 Å². The number of piperidine rings is 1. The number of hydroxylamine groups is 1. The van der Waals surface area contributed by atoms with E-state index in [4.69, 9.17) is 9.57 Å². The summed E-state index contributed by atoms with van der Waals surface area (Å²) in [7, 11) is 0. The Kier molecular flexibility index (Phi) is 8.73. The number of carboxylic acids is 1. The van der Waals surface area contributed by atoms with Gasteiger partial charge in [0.2, 0.25) is 5.91 Å². The summed E-state index contributed by atoms with van der Waals surface area (Å²) < 4.78 is 5.92. The third-order valence-corrected chi connectivity index (χ3v) is 5.64. The Morgan fingerprint density at radius 2 is 2.00 bits per heavy atom. The minimum absolute atomic E-state index is 0.154. The average molecular weight is 432 g/mol. The number of nitrogens with one attached hydrogen (secondary N) is 3. The van der Waals surface area contributed by atoms with Gasteiger partial charge in [-0.05, 0) is 74.2 Å². The van der Waals surface area contributed by atoms with E-state index in [0.717, 1.165) is 62.4 Å². The van der Waals surface area contributed by atoms with Crippen molar-refractivity contribution in [3.05, 3.63) is 35.9 Å². The van der Waals surface area contributed by atoms with Crippen LogP contribution in [-0.2, 0) is 14.4 Å². The highest BCUT2D eigenvalue weighted by Gasteiger charge is 2.27. The molecule has 31 heavy (non-hydrogen) atoms. The van der Waals surface area contributed by atoms with E-state index in [0.29, 0.717) is 12.3 Å². The van der Waals surface area contributed by atoms with Crippen molar-refractivity contribution in [2.75, 3.05) is 19.7 Å². The number of carboxylic acid groups (broad SMARTS) is 1. The van der Waals surface area contributed by atoms with Crippen LogP contribution in [0.4, 0.5) is 0 Å². The monoisotopic (exact) mass is 431 g/mol. The lowest BCUT2D eigenvalue weighted by Gasteiger charge is -2.22. The van der Waals surface area contributed by atoms with Crippen LogP contribution in [0, 0.1) is 5.92 Å². The number of carbonyl (C=O) groups excluding carboxylic acids is 1. The fraction of sp³-hybridized carbons (Fsp3) is 0.565. The van der Waals surface area contributed by atoms with Gasteiger partial charge >= 0.3 is 5.97 Å². The molecule has 0 aromatic heterocycles. The first-order valence-corrected chi connectivity index (χ1v) is 11.1. The van der Waals surface area contributed by atoms with Crippen molar-refractivity contribution in [1.29, 1.82) is 0 Å². The van der Waals surface area contributed by atoms with Gasteiger partial charge in [0, 0.05) is 12.8 Å². The zero-order chi connectivity index (χ0) is 22.1. The second-order valence-corrected chi connectivity index (χ2v) is 8.17. The van der Waals surface area contributed by atoms with Crippen LogP contribution in [0.1, 0.15) is 51.0 Å². The number of amides is 1. The van der Waals surface area contributed by atoms with E-state index in [-0.39, 0.29) is 12.3 Å². The van der Waals surface area contributed by atoms with Crippen LogP contribution >= 0.6 is 0 Å². The summed E-state index contributed by atoms with van der Waals surface area (Å²) >= 11 is 0. The molecule has 4 N–H and O–H groups in total. The van der Waals surface area contributed by atoms with Crippen LogP contribution in [0.5, 0.6) is 5.75 Å². The number of rotatable bonds is 11. The van der Waals surface area contributed by atoms with Crippen LogP contribution in [0.25, 0.3) is 5.70 Å². The highest BCUT2D eigenvalue weighted by atomic mass is 16.7. The van der Waals surface area contributed by atoms with E-state index < -0.39 is 18.1 Å². The van der Waals surface area contributed by atoms with Crippen LogP contribution in [-0.4, -0.2) is 48.8 Å². The predicted octanol–water partition coefficient (Wildman–Crippen LogP) is 2.46. The first-order valence-electron chi connectivity index (χ1n) is 11.1. The highest BCUT2D eigenvalue weighted by molar-refractivity contribution is 5.83. The van der Waals surface area contributed by atoms with E-state index in [9.17, 15) is 14.7 Å². The molecule has 8 heteroatoms. The van der Waals surface area contributed by atoms with Gasteiger partial charge in [-0.15, -0.1) is 0 Å². The molecule has 0 aliphatic carbocycles. The molecule has 2 heterocycles. The molecule has 1 amide bonds. The topological polar surface area (TPSA) is 109 Å². The van der Waals surface area contributed by atoms with Gasteiger partial charge in [-0.1, -0.05) is 13.3 Å². The van der Waals surface area contributed by atoms with Crippen molar-refractivity contribution in [3.8, 4) is 5.75 Å². The van der Waals surface area contributed by atoms with Gasteiger partial charge in [0.05, 0.1) is 12.3 Å². The molecule has 0 spiro atoms. The molecule has 1 aromatic rings. The molecule has 170 valence electrons. The smallest absolute Gasteiger partial charge is 0.326 e. The molecule has 2 aliphatic heterocycles. The fourth-order valence-corrected chi connectivity index (χ4v) is 3.72. The van der Waals surface area contributed by atoms with Gasteiger partial charge in [0.25, 0.3) is 0 Å². The van der Waals surface area contributed by atoms with Gasteiger partial charge < -0.3 is 20.5 Å². The third-order valence-electron chi connectivity index (χ3n) is 5.64. The van der Waals surface area contributed by atoms with Gasteiger partial charge in [-0.2, -0.15) is 0 Å². The molecule has 0 unspecified atom stereocenters. The van der Waals surface area contributed by atoms with E-state index in [1.54, 1.807) is 0 Å². The lowest BCUT2D eigenvalue weighted by Crippen LogP contribution is -2.42. The normalized spacial score (nSPS) is 19.9. The summed E-state index contributed by atoms with van der Waals surface area (Å²) in [4.78, 5) is 29.0. The molecule has 0 saturated carbocycles. The fourth-order valence-electron chi connectivity index (χ4n) is 3.72. The molecule has 0 bridgehead atoms. The Morgan fingerprint density at radius 1 is 1.26 bits per heavy atom. The van der Waals surface area contributed by atoms with Crippen LogP contribution in [0.2, 0.25) is 0 Å². The van der Waals surface area contributed by atoms with Crippen molar-refractivity contribution in [1.82, 2.24) is 16.1 Å². The van der Waals surface area contributed by atoms with Gasteiger partial charge in [0.1, 0.15) is 17.9 Å². The van der Waals surface area contributed by atoms with E-state index in [1.165, 1.54) is 0 Å². The SMILES string of the molecule is CCCCC(=O)N[C@@H](C[C@@H]1C=C(c2ccc(OCC3CCNCC3)cc2)NO1)C(=O)O. The highest BCUT2D eigenvalue weighted by Crippen LogP contribution is 2.24. The van der Waals surface area contributed by atoms with Crippen molar-refractivity contribution in [2.24, 2.45) is 5.92 Å². The minimum Gasteiger partial charge on any atom is -0.493 e. The standard InChI is InChI=1S/C23H33N3O5/c1-2-3-4-22(27)25-21(23(28)29)14-19-13-20(26-31-19)17-5-7-18(8-6-17)30-15-16-9-11-24-12-10-16/h5-8,13,16,19,21,24,26H,2-4,9-12,14-15H2,1H3,(H,25,27)(H,28,29)/t19-,21-/m0/s1. The van der Waals surface area contributed by atoms with E-state index >= 15 is 0 Å². The number of benzene rings is 1. The molecule has 8 nitrogen and oxygen atoms in total. The summed E-state index contributed by atoms with van der Waals surface area (Å²) in [5.74, 6) is 0.119. The number of unbranched alkanes of at least 4 members (excludes halogenated alkanes) is 1. The number of hydrogen-bond donors (Lipinski definition) is 4. The van der Waals surface area contributed by atoms with Gasteiger partial charge in [-0.3, -0.25) is 15.1 Å². The Labute approximate surface area is 183 Å². The molecule has 3 rings (SSSR count). The second kappa shape index (κ2) is 11.7. The maximum absolute atomic E-state index is 11.9. The third kappa shape index (κ3) is 7.25. The summed E-state index contributed by atoms with van der Waals surface area (Å²) in [5.41, 5.74) is 4.57. The zero-order valence-electron chi connectivity index (χ0n) is 18.1. The zero-order valence-corrected chi connectivity index (χ0v) is 18.1. The molecule has 1 saturated heterocycles. The average Bonchev–Trinajstić information content (AvgIpc) is 3.25. The summed E-state index contributed by atoms with van der Waals surface area (Å²) in [6.07, 6.45) is 5.79. The molecule has 2 aliphatic rings. The predicted molar refractivity (Wildman–Crippen MR) is 117 cm³/mol. The number of aliphatic carboxylic acids is 1. The van der Waals surface area contributed by atoms with E-state index in [1.807, 2.05) is 37.3 Å². The lowest BCUT2D eigenvalue weighted by molar-refractivity contribution is -0.142. The van der Waals surface area contributed by atoms with Gasteiger partial charge in [-0.25, -0.2) is 4.79 Å². The first kappa shape index (κ1) is 23.1. The number of hydrogen-bond acceptors (Lipinski definition) is 6. The quantitative estimate of drug-likeness (QED) is 0.426. The first-order chi connectivity index (χ1) is 15.0. The summed E-state index contributed by atoms with van der Waals surface area (Å²) in [6, 6.07) is 6.77. The van der Waals surface area contributed by atoms with Crippen LogP contribution in [0.15, 0.2) is 30.3 Å². The second-order valence-electron chi connectivity index (χ2n) is 8.17. The molecular formula is C23H33N3O5. The maximum atomic E-state index is 11.9. The largest absolute Gasteiger partial charge is 0.493 e. The van der Waals surface area contributed by atoms with Crippen molar-refractivity contribution in [3.63, 3.8) is 0 Å². The van der Waals surface area contributed by atoms with Crippen molar-refractivity contribution in [2.45, 2.75) is 57.6 Å². The van der Waals surface area contributed by atoms with Crippen LogP contribution in [0.3, 0.4) is 0 Å². The Morgan fingerprint density at radius 3 is 2.68 bits per heavy atom. The van der Waals surface area contributed by atoms with Crippen molar-refractivity contribution < 1.29 is 24.3 Å². The van der Waals surface area contributed by atoms with E-state index in [2.05, 4.69) is 16.1 Å². The molecule has 1 fully saturated rings. The summed E-state index contributed by atoms with van der Waals surface area (Å²) in [6.45, 7) is 4.82. The molecular weight excluding hydrogens is 398 g/mol. The van der Waals surface area contributed by atoms with Crippen molar-refractivity contribution >= 4 is 17.6 Å². The Balaban J connectivity index is 1.51. The van der Waals surface area contributed by atoms with Gasteiger partial charge in [0.15, 0.2) is 0 Å².